The third-order valence-electron chi connectivity index (χ3n) is 3.35. The molecule has 1 aromatic rings. The summed E-state index contributed by atoms with van der Waals surface area (Å²) in [5.41, 5.74) is 6.62. The zero-order valence-electron chi connectivity index (χ0n) is 8.82. The third-order valence-corrected chi connectivity index (χ3v) is 4.04. The number of carbonyl (C=O) groups is 1. The van der Waals surface area contributed by atoms with Gasteiger partial charge >= 0.3 is 0 Å². The van der Waals surface area contributed by atoms with Crippen LogP contribution in [0.2, 0.25) is 0 Å². The number of hydrogen-bond donors (Lipinski definition) is 1. The minimum absolute atomic E-state index is 0.179. The summed E-state index contributed by atoms with van der Waals surface area (Å²) >= 11 is 1.59. The van der Waals surface area contributed by atoms with Crippen LogP contribution in [0.3, 0.4) is 0 Å². The van der Waals surface area contributed by atoms with Crippen molar-refractivity contribution in [3.8, 4) is 0 Å². The SMILES string of the molecule is NCC1CCCCC1C(=O)c1ccsc1. The lowest BCUT2D eigenvalue weighted by Gasteiger charge is -2.29. The zero-order valence-corrected chi connectivity index (χ0v) is 9.63. The van der Waals surface area contributed by atoms with Gasteiger partial charge < -0.3 is 5.73 Å². The van der Waals surface area contributed by atoms with Crippen LogP contribution < -0.4 is 5.73 Å². The van der Waals surface area contributed by atoms with Crippen LogP contribution in [0.5, 0.6) is 0 Å². The average Bonchev–Trinajstić information content (AvgIpc) is 2.81. The Kier molecular flexibility index (Phi) is 3.54. The van der Waals surface area contributed by atoms with Crippen LogP contribution in [0.15, 0.2) is 16.8 Å². The number of thiophene rings is 1. The van der Waals surface area contributed by atoms with E-state index in [9.17, 15) is 4.79 Å². The topological polar surface area (TPSA) is 43.1 Å². The number of nitrogens with two attached hydrogens (primary N) is 1. The zero-order chi connectivity index (χ0) is 10.7. The van der Waals surface area contributed by atoms with Gasteiger partial charge in [0, 0.05) is 16.9 Å². The molecule has 1 fully saturated rings. The molecule has 1 aliphatic rings. The van der Waals surface area contributed by atoms with Gasteiger partial charge in [0.1, 0.15) is 0 Å². The van der Waals surface area contributed by atoms with Gasteiger partial charge in [0.2, 0.25) is 0 Å². The molecule has 82 valence electrons. The van der Waals surface area contributed by atoms with E-state index in [0.29, 0.717) is 18.2 Å². The van der Waals surface area contributed by atoms with Crippen molar-refractivity contribution >= 4 is 17.1 Å². The second kappa shape index (κ2) is 4.90. The van der Waals surface area contributed by atoms with Gasteiger partial charge in [-0.3, -0.25) is 4.79 Å². The molecule has 2 atom stereocenters. The summed E-state index contributed by atoms with van der Waals surface area (Å²) < 4.78 is 0. The van der Waals surface area contributed by atoms with E-state index in [0.717, 1.165) is 18.4 Å². The highest BCUT2D eigenvalue weighted by Gasteiger charge is 2.30. The van der Waals surface area contributed by atoms with Gasteiger partial charge in [0.15, 0.2) is 5.78 Å². The van der Waals surface area contributed by atoms with E-state index in [4.69, 9.17) is 5.73 Å². The first-order valence-electron chi connectivity index (χ1n) is 5.59. The normalized spacial score (nSPS) is 26.5. The quantitative estimate of drug-likeness (QED) is 0.801. The average molecular weight is 223 g/mol. The van der Waals surface area contributed by atoms with Crippen LogP contribution in [-0.2, 0) is 0 Å². The van der Waals surface area contributed by atoms with Gasteiger partial charge in [-0.1, -0.05) is 12.8 Å². The van der Waals surface area contributed by atoms with Crippen molar-refractivity contribution in [1.82, 2.24) is 0 Å². The molecule has 0 bridgehead atoms. The van der Waals surface area contributed by atoms with Gasteiger partial charge in [-0.15, -0.1) is 0 Å². The summed E-state index contributed by atoms with van der Waals surface area (Å²) in [5.74, 6) is 0.899. The summed E-state index contributed by atoms with van der Waals surface area (Å²) in [6.45, 7) is 0.653. The Morgan fingerprint density at radius 3 is 2.93 bits per heavy atom. The van der Waals surface area contributed by atoms with Gasteiger partial charge in [-0.25, -0.2) is 0 Å². The number of hydrogen-bond acceptors (Lipinski definition) is 3. The fraction of sp³-hybridized carbons (Fsp3) is 0.583. The molecule has 0 aromatic carbocycles. The molecule has 1 heterocycles. The van der Waals surface area contributed by atoms with Crippen LogP contribution in [0, 0.1) is 11.8 Å². The van der Waals surface area contributed by atoms with E-state index in [1.807, 2.05) is 16.8 Å². The highest BCUT2D eigenvalue weighted by molar-refractivity contribution is 7.08. The van der Waals surface area contributed by atoms with Crippen LogP contribution in [0.25, 0.3) is 0 Å². The first kappa shape index (κ1) is 10.8. The lowest BCUT2D eigenvalue weighted by Crippen LogP contribution is -2.32. The van der Waals surface area contributed by atoms with Crippen LogP contribution in [0.4, 0.5) is 0 Å². The van der Waals surface area contributed by atoms with Gasteiger partial charge in [-0.05, 0) is 36.8 Å². The molecule has 2 unspecified atom stereocenters. The molecule has 1 saturated carbocycles. The van der Waals surface area contributed by atoms with Crippen molar-refractivity contribution in [2.24, 2.45) is 17.6 Å². The number of rotatable bonds is 3. The molecule has 2 rings (SSSR count). The fourth-order valence-electron chi connectivity index (χ4n) is 2.45. The first-order valence-corrected chi connectivity index (χ1v) is 6.53. The Morgan fingerprint density at radius 2 is 2.27 bits per heavy atom. The van der Waals surface area contributed by atoms with Crippen molar-refractivity contribution in [2.45, 2.75) is 25.7 Å². The molecule has 15 heavy (non-hydrogen) atoms. The van der Waals surface area contributed by atoms with E-state index in [2.05, 4.69) is 0 Å². The summed E-state index contributed by atoms with van der Waals surface area (Å²) in [4.78, 5) is 12.2. The van der Waals surface area contributed by atoms with E-state index < -0.39 is 0 Å². The molecule has 2 nitrogen and oxygen atoms in total. The predicted molar refractivity (Wildman–Crippen MR) is 63.2 cm³/mol. The molecule has 0 saturated heterocycles. The van der Waals surface area contributed by atoms with Crippen molar-refractivity contribution in [2.75, 3.05) is 6.54 Å². The highest BCUT2D eigenvalue weighted by Crippen LogP contribution is 2.32. The van der Waals surface area contributed by atoms with Gasteiger partial charge in [-0.2, -0.15) is 11.3 Å². The summed E-state index contributed by atoms with van der Waals surface area (Å²) in [6.07, 6.45) is 4.56. The summed E-state index contributed by atoms with van der Waals surface area (Å²) in [5, 5.41) is 3.91. The highest BCUT2D eigenvalue weighted by atomic mass is 32.1. The van der Waals surface area contributed by atoms with E-state index in [-0.39, 0.29) is 5.92 Å². The number of ketones is 1. The molecule has 0 amide bonds. The molecule has 0 spiro atoms. The predicted octanol–water partition coefficient (Wildman–Crippen LogP) is 2.70. The van der Waals surface area contributed by atoms with E-state index >= 15 is 0 Å². The molecular formula is C12H17NOS. The molecular weight excluding hydrogens is 206 g/mol. The second-order valence-corrected chi connectivity index (χ2v) is 5.04. The molecule has 1 aromatic heterocycles. The summed E-state index contributed by atoms with van der Waals surface area (Å²) in [6, 6.07) is 1.93. The Morgan fingerprint density at radius 1 is 1.47 bits per heavy atom. The molecule has 3 heteroatoms. The minimum Gasteiger partial charge on any atom is -0.330 e. The van der Waals surface area contributed by atoms with E-state index in [1.165, 1.54) is 12.8 Å². The standard InChI is InChI=1S/C12H17NOS/c13-7-9-3-1-2-4-11(9)12(14)10-5-6-15-8-10/h5-6,8-9,11H,1-4,7,13H2. The van der Waals surface area contributed by atoms with Crippen molar-refractivity contribution < 1.29 is 4.79 Å². The summed E-state index contributed by atoms with van der Waals surface area (Å²) in [7, 11) is 0. The number of Topliss-reactive ketones (excluding diaryl/α,β-unsaturated/α-hetero) is 1. The monoisotopic (exact) mass is 223 g/mol. The largest absolute Gasteiger partial charge is 0.330 e. The Labute approximate surface area is 94.5 Å². The van der Waals surface area contributed by atoms with Gasteiger partial charge in [0.05, 0.1) is 0 Å². The molecule has 1 aliphatic carbocycles. The third kappa shape index (κ3) is 2.29. The maximum absolute atomic E-state index is 12.2. The number of carbonyl (C=O) groups excluding carboxylic acids is 1. The maximum atomic E-state index is 12.2. The lowest BCUT2D eigenvalue weighted by molar-refractivity contribution is 0.0830. The van der Waals surface area contributed by atoms with Crippen LogP contribution in [0.1, 0.15) is 36.0 Å². The van der Waals surface area contributed by atoms with Crippen LogP contribution in [-0.4, -0.2) is 12.3 Å². The van der Waals surface area contributed by atoms with E-state index in [1.54, 1.807) is 11.3 Å². The fourth-order valence-corrected chi connectivity index (χ4v) is 3.10. The lowest BCUT2D eigenvalue weighted by atomic mass is 9.76. The minimum atomic E-state index is 0.179. The van der Waals surface area contributed by atoms with Crippen molar-refractivity contribution in [3.05, 3.63) is 22.4 Å². The molecule has 2 N–H and O–H groups in total. The molecule has 0 radical (unpaired) electrons. The Bertz CT molecular complexity index is 320. The first-order chi connectivity index (χ1) is 7.33. The smallest absolute Gasteiger partial charge is 0.167 e. The Hall–Kier alpha value is -0.670. The van der Waals surface area contributed by atoms with Crippen molar-refractivity contribution in [1.29, 1.82) is 0 Å². The Balaban J connectivity index is 2.11. The molecule has 0 aliphatic heterocycles. The maximum Gasteiger partial charge on any atom is 0.167 e. The van der Waals surface area contributed by atoms with Crippen LogP contribution >= 0.6 is 11.3 Å². The van der Waals surface area contributed by atoms with Crippen molar-refractivity contribution in [3.63, 3.8) is 0 Å². The second-order valence-electron chi connectivity index (χ2n) is 4.26. The van der Waals surface area contributed by atoms with Gasteiger partial charge in [0.25, 0.3) is 0 Å².